The fourth-order valence-corrected chi connectivity index (χ4v) is 1.69. The average molecular weight is 296 g/mol. The maximum atomic E-state index is 9.57. The summed E-state index contributed by atoms with van der Waals surface area (Å²) in [5.74, 6) is 0.248. The molecule has 5 heteroatoms. The lowest BCUT2D eigenvalue weighted by atomic mass is 10.0. The summed E-state index contributed by atoms with van der Waals surface area (Å²) in [6.07, 6.45) is 1.66. The van der Waals surface area contributed by atoms with Gasteiger partial charge in [0.2, 0.25) is 0 Å². The van der Waals surface area contributed by atoms with E-state index in [1.54, 1.807) is 12.1 Å². The SMILES string of the molecule is Cl.NCCC[C@@H](N)c1cc(Br)ccc1O. The molecule has 1 atom stereocenters. The van der Waals surface area contributed by atoms with Crippen LogP contribution in [0.15, 0.2) is 22.7 Å². The number of benzene rings is 1. The molecule has 1 aromatic carbocycles. The smallest absolute Gasteiger partial charge is 0.120 e. The van der Waals surface area contributed by atoms with Gasteiger partial charge in [-0.25, -0.2) is 0 Å². The van der Waals surface area contributed by atoms with Gasteiger partial charge < -0.3 is 16.6 Å². The van der Waals surface area contributed by atoms with Crippen molar-refractivity contribution in [2.75, 3.05) is 6.54 Å². The van der Waals surface area contributed by atoms with Crippen LogP contribution in [-0.4, -0.2) is 11.7 Å². The van der Waals surface area contributed by atoms with Crippen LogP contribution in [0.25, 0.3) is 0 Å². The van der Waals surface area contributed by atoms with Crippen molar-refractivity contribution in [2.24, 2.45) is 11.5 Å². The fraction of sp³-hybridized carbons (Fsp3) is 0.400. The molecule has 3 nitrogen and oxygen atoms in total. The molecule has 0 aliphatic heterocycles. The molecule has 0 radical (unpaired) electrons. The Balaban J connectivity index is 0.00000196. The second-order valence-electron chi connectivity index (χ2n) is 3.24. The summed E-state index contributed by atoms with van der Waals surface area (Å²) in [5, 5.41) is 9.57. The van der Waals surface area contributed by atoms with Gasteiger partial charge in [-0.2, -0.15) is 0 Å². The fourth-order valence-electron chi connectivity index (χ4n) is 1.32. The third-order valence-electron chi connectivity index (χ3n) is 2.11. The molecule has 0 saturated carbocycles. The molecule has 86 valence electrons. The molecule has 0 bridgehead atoms. The van der Waals surface area contributed by atoms with Crippen LogP contribution in [-0.2, 0) is 0 Å². The van der Waals surface area contributed by atoms with Crippen molar-refractivity contribution in [3.63, 3.8) is 0 Å². The standard InChI is InChI=1S/C10H15BrN2O.ClH/c11-7-3-4-10(14)8(6-7)9(13)2-1-5-12;/h3-4,6,9,14H,1-2,5,12-13H2;1H/t9-;/m1./s1. The summed E-state index contributed by atoms with van der Waals surface area (Å²) in [6.45, 7) is 0.627. The molecular weight excluding hydrogens is 279 g/mol. The van der Waals surface area contributed by atoms with Gasteiger partial charge in [-0.1, -0.05) is 15.9 Å². The highest BCUT2D eigenvalue weighted by Gasteiger charge is 2.10. The van der Waals surface area contributed by atoms with E-state index in [1.807, 2.05) is 6.07 Å². The van der Waals surface area contributed by atoms with Crippen LogP contribution in [0, 0.1) is 0 Å². The molecule has 0 aromatic heterocycles. The zero-order valence-corrected chi connectivity index (χ0v) is 10.7. The molecule has 0 unspecified atom stereocenters. The van der Waals surface area contributed by atoms with Crippen LogP contribution in [0.1, 0.15) is 24.4 Å². The summed E-state index contributed by atoms with van der Waals surface area (Å²) in [7, 11) is 0. The molecule has 0 saturated heterocycles. The predicted octanol–water partition coefficient (Wildman–Crippen LogP) is 2.32. The maximum Gasteiger partial charge on any atom is 0.120 e. The van der Waals surface area contributed by atoms with E-state index in [-0.39, 0.29) is 24.2 Å². The van der Waals surface area contributed by atoms with Gasteiger partial charge in [-0.05, 0) is 37.6 Å². The van der Waals surface area contributed by atoms with Gasteiger partial charge in [0.05, 0.1) is 0 Å². The van der Waals surface area contributed by atoms with E-state index in [0.29, 0.717) is 6.54 Å². The Morgan fingerprint density at radius 2 is 2.07 bits per heavy atom. The first-order valence-corrected chi connectivity index (χ1v) is 5.38. The Hall–Kier alpha value is -0.290. The summed E-state index contributed by atoms with van der Waals surface area (Å²) in [5.41, 5.74) is 12.1. The molecular formula is C10H16BrClN2O. The van der Waals surface area contributed by atoms with E-state index in [4.69, 9.17) is 11.5 Å². The molecule has 0 aliphatic rings. The normalized spacial score (nSPS) is 11.9. The molecule has 0 spiro atoms. The van der Waals surface area contributed by atoms with Crippen LogP contribution in [0.3, 0.4) is 0 Å². The summed E-state index contributed by atoms with van der Waals surface area (Å²) >= 11 is 3.34. The Bertz CT molecular complexity index is 309. The topological polar surface area (TPSA) is 72.3 Å². The third kappa shape index (κ3) is 4.38. The lowest BCUT2D eigenvalue weighted by Crippen LogP contribution is -2.12. The second kappa shape index (κ2) is 7.06. The Morgan fingerprint density at radius 3 is 2.67 bits per heavy atom. The second-order valence-corrected chi connectivity index (χ2v) is 4.16. The molecule has 0 fully saturated rings. The maximum absolute atomic E-state index is 9.57. The van der Waals surface area contributed by atoms with Crippen molar-refractivity contribution in [1.29, 1.82) is 0 Å². The van der Waals surface area contributed by atoms with Crippen molar-refractivity contribution >= 4 is 28.3 Å². The molecule has 0 aliphatic carbocycles. The van der Waals surface area contributed by atoms with Crippen molar-refractivity contribution in [3.8, 4) is 5.75 Å². The zero-order chi connectivity index (χ0) is 10.6. The zero-order valence-electron chi connectivity index (χ0n) is 8.32. The highest BCUT2D eigenvalue weighted by atomic mass is 79.9. The van der Waals surface area contributed by atoms with E-state index in [2.05, 4.69) is 15.9 Å². The largest absolute Gasteiger partial charge is 0.508 e. The Morgan fingerprint density at radius 1 is 1.40 bits per heavy atom. The van der Waals surface area contributed by atoms with Gasteiger partial charge in [0, 0.05) is 16.1 Å². The third-order valence-corrected chi connectivity index (χ3v) is 2.60. The van der Waals surface area contributed by atoms with Crippen LogP contribution >= 0.6 is 28.3 Å². The molecule has 0 amide bonds. The number of hydrogen-bond donors (Lipinski definition) is 3. The van der Waals surface area contributed by atoms with E-state index in [9.17, 15) is 5.11 Å². The van der Waals surface area contributed by atoms with Gasteiger partial charge >= 0.3 is 0 Å². The van der Waals surface area contributed by atoms with Crippen LogP contribution in [0.4, 0.5) is 0 Å². The number of nitrogens with two attached hydrogens (primary N) is 2. The highest BCUT2D eigenvalue weighted by molar-refractivity contribution is 9.10. The predicted molar refractivity (Wildman–Crippen MR) is 68.3 cm³/mol. The van der Waals surface area contributed by atoms with Crippen LogP contribution < -0.4 is 11.5 Å². The molecule has 0 heterocycles. The van der Waals surface area contributed by atoms with Crippen molar-refractivity contribution in [2.45, 2.75) is 18.9 Å². The van der Waals surface area contributed by atoms with Crippen LogP contribution in [0.5, 0.6) is 5.75 Å². The summed E-state index contributed by atoms with van der Waals surface area (Å²) in [4.78, 5) is 0. The van der Waals surface area contributed by atoms with E-state index in [1.165, 1.54) is 0 Å². The minimum absolute atomic E-state index is 0. The average Bonchev–Trinajstić information content (AvgIpc) is 2.18. The minimum atomic E-state index is -0.143. The van der Waals surface area contributed by atoms with Crippen molar-refractivity contribution in [3.05, 3.63) is 28.2 Å². The summed E-state index contributed by atoms with van der Waals surface area (Å²) < 4.78 is 0.925. The van der Waals surface area contributed by atoms with Gasteiger partial charge in [0.15, 0.2) is 0 Å². The number of halogens is 2. The summed E-state index contributed by atoms with van der Waals surface area (Å²) in [6, 6.07) is 5.13. The van der Waals surface area contributed by atoms with Crippen molar-refractivity contribution < 1.29 is 5.11 Å². The number of rotatable bonds is 4. The van der Waals surface area contributed by atoms with Gasteiger partial charge in [-0.15, -0.1) is 12.4 Å². The quantitative estimate of drug-likeness (QED) is 0.798. The number of phenols is 1. The Kier molecular flexibility index (Phi) is 6.92. The Labute approximate surface area is 104 Å². The molecule has 1 aromatic rings. The van der Waals surface area contributed by atoms with E-state index >= 15 is 0 Å². The van der Waals surface area contributed by atoms with Gasteiger partial charge in [-0.3, -0.25) is 0 Å². The monoisotopic (exact) mass is 294 g/mol. The first-order valence-electron chi connectivity index (χ1n) is 4.59. The van der Waals surface area contributed by atoms with Crippen molar-refractivity contribution in [1.82, 2.24) is 0 Å². The molecule has 1 rings (SSSR count). The van der Waals surface area contributed by atoms with Gasteiger partial charge in [0.1, 0.15) is 5.75 Å². The number of phenolic OH excluding ortho intramolecular Hbond substituents is 1. The van der Waals surface area contributed by atoms with Crippen LogP contribution in [0.2, 0.25) is 0 Å². The lowest BCUT2D eigenvalue weighted by Gasteiger charge is -2.13. The molecule has 5 N–H and O–H groups in total. The first kappa shape index (κ1) is 14.7. The first-order chi connectivity index (χ1) is 6.65. The number of aromatic hydroxyl groups is 1. The lowest BCUT2D eigenvalue weighted by molar-refractivity contribution is 0.457. The minimum Gasteiger partial charge on any atom is -0.508 e. The van der Waals surface area contributed by atoms with E-state index < -0.39 is 0 Å². The number of hydrogen-bond acceptors (Lipinski definition) is 3. The van der Waals surface area contributed by atoms with Gasteiger partial charge in [0.25, 0.3) is 0 Å². The van der Waals surface area contributed by atoms with E-state index in [0.717, 1.165) is 22.9 Å². The molecule has 15 heavy (non-hydrogen) atoms. The highest BCUT2D eigenvalue weighted by Crippen LogP contribution is 2.28.